The standard InChI is InChI=1S/C19H14ClF2NO4/c1-8(19(26)27)17-9(2)23(15-7-14(22)16(24)6-11(15)17)18(25)10-3-4-12(20)13(21)5-10/h3-8,24H,1-2H3,(H,26,27)/t8-/m1/s1. The number of hydrogen-bond donors (Lipinski definition) is 2. The van der Waals surface area contributed by atoms with Gasteiger partial charge in [-0.3, -0.25) is 14.2 Å². The highest BCUT2D eigenvalue weighted by Gasteiger charge is 2.27. The first kappa shape index (κ1) is 18.8. The molecule has 0 radical (unpaired) electrons. The summed E-state index contributed by atoms with van der Waals surface area (Å²) in [6, 6.07) is 5.51. The molecule has 0 saturated heterocycles. The van der Waals surface area contributed by atoms with Crippen molar-refractivity contribution >= 4 is 34.4 Å². The van der Waals surface area contributed by atoms with Crippen LogP contribution in [0.2, 0.25) is 5.02 Å². The number of rotatable bonds is 3. The molecule has 3 rings (SSSR count). The predicted molar refractivity (Wildman–Crippen MR) is 95.5 cm³/mol. The number of nitrogens with zero attached hydrogens (tertiary/aromatic N) is 1. The maximum Gasteiger partial charge on any atom is 0.310 e. The van der Waals surface area contributed by atoms with Gasteiger partial charge in [0.2, 0.25) is 0 Å². The molecule has 0 fully saturated rings. The van der Waals surface area contributed by atoms with Crippen LogP contribution in [0.25, 0.3) is 10.9 Å². The lowest BCUT2D eigenvalue weighted by Gasteiger charge is -2.10. The molecule has 0 bridgehead atoms. The number of aliphatic carboxylic acids is 1. The molecule has 8 heteroatoms. The Balaban J connectivity index is 2.33. The molecule has 140 valence electrons. The third-order valence-electron chi connectivity index (χ3n) is 4.49. The van der Waals surface area contributed by atoms with Gasteiger partial charge in [-0.2, -0.15) is 0 Å². The van der Waals surface area contributed by atoms with Crippen molar-refractivity contribution < 1.29 is 28.6 Å². The van der Waals surface area contributed by atoms with Crippen molar-refractivity contribution in [3.63, 3.8) is 0 Å². The molecular formula is C19H14ClF2NO4. The number of phenols is 1. The van der Waals surface area contributed by atoms with Crippen LogP contribution in [0.3, 0.4) is 0 Å². The molecule has 0 amide bonds. The minimum Gasteiger partial charge on any atom is -0.505 e. The first-order valence-corrected chi connectivity index (χ1v) is 8.27. The largest absolute Gasteiger partial charge is 0.505 e. The summed E-state index contributed by atoms with van der Waals surface area (Å²) in [5, 5.41) is 19.2. The highest BCUT2D eigenvalue weighted by molar-refractivity contribution is 6.30. The van der Waals surface area contributed by atoms with Gasteiger partial charge in [-0.15, -0.1) is 0 Å². The smallest absolute Gasteiger partial charge is 0.310 e. The number of halogens is 3. The van der Waals surface area contributed by atoms with E-state index in [4.69, 9.17) is 11.6 Å². The van der Waals surface area contributed by atoms with Gasteiger partial charge in [0.05, 0.1) is 16.5 Å². The second-order valence-corrected chi connectivity index (χ2v) is 6.56. The minimum atomic E-state index is -1.15. The average molecular weight is 394 g/mol. The maximum atomic E-state index is 13.9. The van der Waals surface area contributed by atoms with Gasteiger partial charge >= 0.3 is 5.97 Å². The Hall–Kier alpha value is -2.93. The van der Waals surface area contributed by atoms with E-state index in [1.165, 1.54) is 26.0 Å². The van der Waals surface area contributed by atoms with Gasteiger partial charge in [-0.25, -0.2) is 8.78 Å². The lowest BCUT2D eigenvalue weighted by Crippen LogP contribution is -2.15. The lowest BCUT2D eigenvalue weighted by molar-refractivity contribution is -0.138. The number of fused-ring (bicyclic) bond motifs is 1. The molecule has 1 heterocycles. The minimum absolute atomic E-state index is 0.0417. The zero-order valence-electron chi connectivity index (χ0n) is 14.3. The molecule has 2 N–H and O–H groups in total. The number of carboxylic acids is 1. The molecule has 0 spiro atoms. The number of aromatic nitrogens is 1. The zero-order valence-corrected chi connectivity index (χ0v) is 15.0. The molecular weight excluding hydrogens is 380 g/mol. The van der Waals surface area contributed by atoms with E-state index in [2.05, 4.69) is 0 Å². The van der Waals surface area contributed by atoms with Gasteiger partial charge in [0.25, 0.3) is 5.91 Å². The maximum absolute atomic E-state index is 13.9. The summed E-state index contributed by atoms with van der Waals surface area (Å²) in [7, 11) is 0. The van der Waals surface area contributed by atoms with Crippen LogP contribution in [-0.4, -0.2) is 26.7 Å². The van der Waals surface area contributed by atoms with E-state index < -0.39 is 35.2 Å². The van der Waals surface area contributed by atoms with Gasteiger partial charge in [0.1, 0.15) is 5.82 Å². The van der Waals surface area contributed by atoms with Crippen LogP contribution in [0, 0.1) is 18.6 Å². The summed E-state index contributed by atoms with van der Waals surface area (Å²) in [5.74, 6) is -5.27. The van der Waals surface area contributed by atoms with Crippen LogP contribution in [-0.2, 0) is 4.79 Å². The van der Waals surface area contributed by atoms with Crippen LogP contribution in [0.4, 0.5) is 8.78 Å². The molecule has 2 aromatic carbocycles. The normalized spacial score (nSPS) is 12.3. The third-order valence-corrected chi connectivity index (χ3v) is 4.80. The van der Waals surface area contributed by atoms with E-state index in [-0.39, 0.29) is 32.7 Å². The molecule has 5 nitrogen and oxygen atoms in total. The van der Waals surface area contributed by atoms with Crippen LogP contribution < -0.4 is 0 Å². The van der Waals surface area contributed by atoms with E-state index in [1.807, 2.05) is 0 Å². The zero-order chi connectivity index (χ0) is 20.0. The van der Waals surface area contributed by atoms with Crippen LogP contribution in [0.1, 0.15) is 34.5 Å². The van der Waals surface area contributed by atoms with Gasteiger partial charge < -0.3 is 10.2 Å². The molecule has 27 heavy (non-hydrogen) atoms. The van der Waals surface area contributed by atoms with E-state index >= 15 is 0 Å². The number of carbonyl (C=O) groups excluding carboxylic acids is 1. The van der Waals surface area contributed by atoms with E-state index in [0.29, 0.717) is 0 Å². The predicted octanol–water partition coefficient (Wildman–Crippen LogP) is 4.46. The highest BCUT2D eigenvalue weighted by atomic mass is 35.5. The van der Waals surface area contributed by atoms with Gasteiger partial charge in [-0.1, -0.05) is 11.6 Å². The Kier molecular flexibility index (Phi) is 4.65. The Labute approximate surface area is 157 Å². The average Bonchev–Trinajstić information content (AvgIpc) is 2.87. The van der Waals surface area contributed by atoms with Crippen molar-refractivity contribution in [1.29, 1.82) is 0 Å². The number of carbonyl (C=O) groups is 2. The molecule has 3 aromatic rings. The summed E-state index contributed by atoms with van der Waals surface area (Å²) in [4.78, 5) is 24.5. The number of hydrogen-bond acceptors (Lipinski definition) is 3. The Bertz CT molecular complexity index is 1110. The summed E-state index contributed by atoms with van der Waals surface area (Å²) in [6.07, 6.45) is 0. The Morgan fingerprint density at radius 2 is 1.81 bits per heavy atom. The SMILES string of the molecule is Cc1c([C@@H](C)C(=O)O)c2cc(O)c(F)cc2n1C(=O)c1ccc(Cl)c(F)c1. The quantitative estimate of drug-likeness (QED) is 0.688. The van der Waals surface area contributed by atoms with E-state index in [0.717, 1.165) is 22.8 Å². The topological polar surface area (TPSA) is 79.5 Å². The van der Waals surface area contributed by atoms with Crippen molar-refractivity contribution in [2.24, 2.45) is 0 Å². The second kappa shape index (κ2) is 6.66. The number of phenolic OH excluding ortho intramolecular Hbond substituents is 1. The number of carboxylic acid groups (broad SMARTS) is 1. The molecule has 1 aromatic heterocycles. The lowest BCUT2D eigenvalue weighted by atomic mass is 9.98. The Morgan fingerprint density at radius 1 is 1.15 bits per heavy atom. The molecule has 1 atom stereocenters. The monoisotopic (exact) mass is 393 g/mol. The summed E-state index contributed by atoms with van der Waals surface area (Å²) in [6.45, 7) is 2.93. The fourth-order valence-corrected chi connectivity index (χ4v) is 3.26. The van der Waals surface area contributed by atoms with Gasteiger partial charge in [-0.05, 0) is 43.7 Å². The second-order valence-electron chi connectivity index (χ2n) is 6.15. The molecule has 0 aliphatic heterocycles. The number of benzene rings is 2. The summed E-state index contributed by atoms with van der Waals surface area (Å²) in [5.41, 5.74) is 0.548. The van der Waals surface area contributed by atoms with Crippen molar-refractivity contribution in [3.8, 4) is 5.75 Å². The Morgan fingerprint density at radius 3 is 2.41 bits per heavy atom. The first-order chi connectivity index (χ1) is 12.6. The fourth-order valence-electron chi connectivity index (χ4n) is 3.14. The van der Waals surface area contributed by atoms with Gasteiger partial charge in [0, 0.05) is 22.7 Å². The van der Waals surface area contributed by atoms with Crippen molar-refractivity contribution in [2.75, 3.05) is 0 Å². The van der Waals surface area contributed by atoms with E-state index in [9.17, 15) is 28.6 Å². The third kappa shape index (κ3) is 3.04. The molecule has 0 saturated carbocycles. The van der Waals surface area contributed by atoms with Crippen LogP contribution in [0.5, 0.6) is 5.75 Å². The van der Waals surface area contributed by atoms with Gasteiger partial charge in [0.15, 0.2) is 11.6 Å². The molecule has 0 aliphatic carbocycles. The van der Waals surface area contributed by atoms with Crippen molar-refractivity contribution in [1.82, 2.24) is 4.57 Å². The highest BCUT2D eigenvalue weighted by Crippen LogP contribution is 2.36. The number of aromatic hydroxyl groups is 1. The molecule has 0 unspecified atom stereocenters. The van der Waals surface area contributed by atoms with Crippen LogP contribution >= 0.6 is 11.6 Å². The van der Waals surface area contributed by atoms with Crippen LogP contribution in [0.15, 0.2) is 30.3 Å². The fraction of sp³-hybridized carbons (Fsp3) is 0.158. The van der Waals surface area contributed by atoms with Crippen molar-refractivity contribution in [2.45, 2.75) is 19.8 Å². The van der Waals surface area contributed by atoms with Crippen molar-refractivity contribution in [3.05, 3.63) is 63.8 Å². The summed E-state index contributed by atoms with van der Waals surface area (Å²) >= 11 is 5.64. The van der Waals surface area contributed by atoms with E-state index in [1.54, 1.807) is 0 Å². The first-order valence-electron chi connectivity index (χ1n) is 7.89. The summed E-state index contributed by atoms with van der Waals surface area (Å²) < 4.78 is 28.8. The molecule has 0 aliphatic rings.